The summed E-state index contributed by atoms with van der Waals surface area (Å²) in [4.78, 5) is 67.9. The summed E-state index contributed by atoms with van der Waals surface area (Å²) in [5, 5.41) is 0. The molecule has 0 aromatic heterocycles. The van der Waals surface area contributed by atoms with Crippen LogP contribution in [0.2, 0.25) is 0 Å². The third-order valence-electron chi connectivity index (χ3n) is 5.99. The summed E-state index contributed by atoms with van der Waals surface area (Å²) in [6, 6.07) is 7.94. The van der Waals surface area contributed by atoms with Crippen molar-refractivity contribution in [3.63, 3.8) is 0 Å². The molecular weight excluding hydrogens is 466 g/mol. The summed E-state index contributed by atoms with van der Waals surface area (Å²) in [5.41, 5.74) is 0.677. The first-order valence-corrected chi connectivity index (χ1v) is 11.6. The van der Waals surface area contributed by atoms with Crippen molar-refractivity contribution < 1.29 is 38.2 Å². The van der Waals surface area contributed by atoms with Gasteiger partial charge in [-0.05, 0) is 39.3 Å². The molecule has 36 heavy (non-hydrogen) atoms. The maximum Gasteiger partial charge on any atom is 0.340 e. The van der Waals surface area contributed by atoms with E-state index in [0.717, 1.165) is 4.90 Å². The third-order valence-corrected chi connectivity index (χ3v) is 5.99. The molecular formula is C27H25NO8. The zero-order valence-corrected chi connectivity index (χ0v) is 20.4. The first kappa shape index (κ1) is 24.8. The van der Waals surface area contributed by atoms with Crippen molar-refractivity contribution >= 4 is 35.1 Å². The number of esters is 2. The summed E-state index contributed by atoms with van der Waals surface area (Å²) in [5.74, 6) is -3.84. The number of hydrogen-bond acceptors (Lipinski definition) is 8. The molecule has 2 aliphatic rings. The van der Waals surface area contributed by atoms with Crippen molar-refractivity contribution in [2.75, 3.05) is 24.7 Å². The molecule has 0 spiro atoms. The molecule has 1 heterocycles. The van der Waals surface area contributed by atoms with Crippen molar-refractivity contribution in [3.05, 3.63) is 75.5 Å². The summed E-state index contributed by atoms with van der Waals surface area (Å²) < 4.78 is 15.9. The van der Waals surface area contributed by atoms with Crippen LogP contribution in [0.25, 0.3) is 0 Å². The molecule has 0 saturated heterocycles. The van der Waals surface area contributed by atoms with Crippen LogP contribution in [0.4, 0.5) is 5.69 Å². The first-order valence-electron chi connectivity index (χ1n) is 11.6. The quantitative estimate of drug-likeness (QED) is 0.463. The fraction of sp³-hybridized carbons (Fsp3) is 0.296. The highest BCUT2D eigenvalue weighted by molar-refractivity contribution is 6.32. The van der Waals surface area contributed by atoms with E-state index in [1.807, 2.05) is 0 Å². The van der Waals surface area contributed by atoms with Gasteiger partial charge in [0.2, 0.25) is 0 Å². The van der Waals surface area contributed by atoms with Gasteiger partial charge in [-0.1, -0.05) is 30.3 Å². The van der Waals surface area contributed by atoms with E-state index in [-0.39, 0.29) is 64.9 Å². The van der Waals surface area contributed by atoms with Gasteiger partial charge in [0.25, 0.3) is 5.91 Å². The van der Waals surface area contributed by atoms with Gasteiger partial charge in [-0.25, -0.2) is 9.59 Å². The standard InChI is InChI=1S/C27H25NO8/c1-5-34-24-19(26(32)35-6-2)21(27(33)36-7-3)28(25(24)31)20-14(4)12-13-17-18(20)23(30)16-11-9-8-10-15(16)22(17)29/h8-13,21H,5-7H2,1-4H3. The van der Waals surface area contributed by atoms with E-state index in [1.54, 1.807) is 52.0 Å². The van der Waals surface area contributed by atoms with E-state index < -0.39 is 29.7 Å². The number of anilines is 1. The second-order valence-corrected chi connectivity index (χ2v) is 8.08. The van der Waals surface area contributed by atoms with Gasteiger partial charge in [0, 0.05) is 16.7 Å². The monoisotopic (exact) mass is 491 g/mol. The van der Waals surface area contributed by atoms with Crippen LogP contribution >= 0.6 is 0 Å². The highest BCUT2D eigenvalue weighted by atomic mass is 16.5. The van der Waals surface area contributed by atoms with Gasteiger partial charge in [-0.3, -0.25) is 19.3 Å². The Morgan fingerprint density at radius 1 is 0.833 bits per heavy atom. The molecule has 1 amide bonds. The van der Waals surface area contributed by atoms with Crippen molar-refractivity contribution in [2.45, 2.75) is 33.7 Å². The Morgan fingerprint density at radius 2 is 1.47 bits per heavy atom. The fourth-order valence-corrected chi connectivity index (χ4v) is 4.55. The number of ether oxygens (including phenoxy) is 3. The second-order valence-electron chi connectivity index (χ2n) is 8.08. The Balaban J connectivity index is 1.99. The van der Waals surface area contributed by atoms with Gasteiger partial charge in [-0.15, -0.1) is 0 Å². The Kier molecular flexibility index (Phi) is 6.74. The molecule has 1 unspecified atom stereocenters. The zero-order valence-electron chi connectivity index (χ0n) is 20.4. The lowest BCUT2D eigenvalue weighted by molar-refractivity contribution is -0.147. The molecule has 0 radical (unpaired) electrons. The Hall–Kier alpha value is -4.27. The van der Waals surface area contributed by atoms with Crippen LogP contribution < -0.4 is 4.90 Å². The molecule has 2 aromatic carbocycles. The van der Waals surface area contributed by atoms with Crippen LogP contribution in [-0.2, 0) is 28.6 Å². The largest absolute Gasteiger partial charge is 0.488 e. The van der Waals surface area contributed by atoms with E-state index in [0.29, 0.717) is 5.56 Å². The number of carbonyl (C=O) groups is 5. The molecule has 186 valence electrons. The van der Waals surface area contributed by atoms with Gasteiger partial charge in [0.05, 0.1) is 31.1 Å². The van der Waals surface area contributed by atoms with Crippen molar-refractivity contribution in [3.8, 4) is 0 Å². The van der Waals surface area contributed by atoms with Gasteiger partial charge in [0.1, 0.15) is 5.57 Å². The van der Waals surface area contributed by atoms with Gasteiger partial charge in [0.15, 0.2) is 23.4 Å². The number of hydrogen-bond donors (Lipinski definition) is 0. The Morgan fingerprint density at radius 3 is 2.08 bits per heavy atom. The van der Waals surface area contributed by atoms with Gasteiger partial charge >= 0.3 is 11.9 Å². The van der Waals surface area contributed by atoms with E-state index in [9.17, 15) is 24.0 Å². The average Bonchev–Trinajstić information content (AvgIpc) is 3.15. The molecule has 0 fully saturated rings. The van der Waals surface area contributed by atoms with E-state index >= 15 is 0 Å². The fourth-order valence-electron chi connectivity index (χ4n) is 4.55. The number of benzene rings is 2. The predicted octanol–water partition coefficient (Wildman–Crippen LogP) is 2.90. The van der Waals surface area contributed by atoms with Crippen LogP contribution in [0.15, 0.2) is 47.7 Å². The van der Waals surface area contributed by atoms with Crippen LogP contribution in [0.3, 0.4) is 0 Å². The highest BCUT2D eigenvalue weighted by Gasteiger charge is 2.52. The number of nitrogens with zero attached hydrogens (tertiary/aromatic N) is 1. The van der Waals surface area contributed by atoms with Crippen LogP contribution in [0, 0.1) is 6.92 Å². The number of fused-ring (bicyclic) bond motifs is 2. The molecule has 0 saturated carbocycles. The number of ketones is 2. The zero-order chi connectivity index (χ0) is 26.1. The molecule has 1 aliphatic carbocycles. The minimum Gasteiger partial charge on any atom is -0.488 e. The number of rotatable bonds is 7. The predicted molar refractivity (Wildman–Crippen MR) is 128 cm³/mol. The summed E-state index contributed by atoms with van der Waals surface area (Å²) in [7, 11) is 0. The molecule has 1 aliphatic heterocycles. The second kappa shape index (κ2) is 9.77. The molecule has 0 N–H and O–H groups in total. The lowest BCUT2D eigenvalue weighted by atomic mass is 9.82. The minimum absolute atomic E-state index is 0.00495. The van der Waals surface area contributed by atoms with Crippen LogP contribution in [0.5, 0.6) is 0 Å². The lowest BCUT2D eigenvalue weighted by Crippen LogP contribution is -2.45. The molecule has 9 heteroatoms. The highest BCUT2D eigenvalue weighted by Crippen LogP contribution is 2.41. The SMILES string of the molecule is CCOC(=O)C1=C(OCC)C(=O)N(c2c(C)ccc3c2C(=O)c2ccccc2C3=O)C1C(=O)OCC. The van der Waals surface area contributed by atoms with Gasteiger partial charge in [-0.2, -0.15) is 0 Å². The average molecular weight is 491 g/mol. The van der Waals surface area contributed by atoms with E-state index in [4.69, 9.17) is 14.2 Å². The molecule has 2 aromatic rings. The summed E-state index contributed by atoms with van der Waals surface area (Å²) in [6.07, 6.45) is 0. The van der Waals surface area contributed by atoms with Crippen molar-refractivity contribution in [1.29, 1.82) is 0 Å². The maximum absolute atomic E-state index is 13.7. The van der Waals surface area contributed by atoms with Crippen LogP contribution in [-0.4, -0.2) is 55.3 Å². The van der Waals surface area contributed by atoms with Crippen molar-refractivity contribution in [1.82, 2.24) is 0 Å². The first-order chi connectivity index (χ1) is 17.3. The Bertz CT molecular complexity index is 1340. The summed E-state index contributed by atoms with van der Waals surface area (Å²) in [6.45, 7) is 6.45. The minimum atomic E-state index is -1.57. The Labute approximate surface area is 207 Å². The normalized spacial score (nSPS) is 16.6. The van der Waals surface area contributed by atoms with Crippen LogP contribution in [0.1, 0.15) is 58.2 Å². The molecule has 4 rings (SSSR count). The molecule has 9 nitrogen and oxygen atoms in total. The molecule has 1 atom stereocenters. The van der Waals surface area contributed by atoms with Crippen molar-refractivity contribution in [2.24, 2.45) is 0 Å². The maximum atomic E-state index is 13.7. The number of amides is 1. The van der Waals surface area contributed by atoms with E-state index in [2.05, 4.69) is 0 Å². The van der Waals surface area contributed by atoms with Gasteiger partial charge < -0.3 is 14.2 Å². The smallest absolute Gasteiger partial charge is 0.340 e. The lowest BCUT2D eigenvalue weighted by Gasteiger charge is -2.30. The number of aryl methyl sites for hydroxylation is 1. The topological polar surface area (TPSA) is 116 Å². The number of carbonyl (C=O) groups excluding carboxylic acids is 5. The molecule has 0 bridgehead atoms. The summed E-state index contributed by atoms with van der Waals surface area (Å²) >= 11 is 0. The van der Waals surface area contributed by atoms with E-state index in [1.165, 1.54) is 12.1 Å². The third kappa shape index (κ3) is 3.77.